The molecule has 1 heterocycles. The van der Waals surface area contributed by atoms with Crippen molar-refractivity contribution in [2.24, 2.45) is 5.92 Å². The van der Waals surface area contributed by atoms with Crippen LogP contribution in [-0.4, -0.2) is 31.1 Å². The average molecular weight is 316 g/mol. The molecule has 0 N–H and O–H groups in total. The van der Waals surface area contributed by atoms with Crippen LogP contribution in [0.1, 0.15) is 31.4 Å². The summed E-state index contributed by atoms with van der Waals surface area (Å²) in [5.74, 6) is 0.217. The predicted molar refractivity (Wildman–Crippen MR) is 81.2 cm³/mol. The van der Waals surface area contributed by atoms with Gasteiger partial charge < -0.3 is 9.64 Å². The maximum absolute atomic E-state index is 12.5. The van der Waals surface area contributed by atoms with E-state index in [1.165, 1.54) is 0 Å². The first kappa shape index (κ1) is 15.6. The fraction of sp³-hybridized carbons (Fsp3) is 0.533. The van der Waals surface area contributed by atoms with Crippen LogP contribution >= 0.6 is 23.2 Å². The largest absolute Gasteiger partial charge is 0.381 e. The zero-order valence-corrected chi connectivity index (χ0v) is 13.2. The third-order valence-electron chi connectivity index (χ3n) is 3.91. The van der Waals surface area contributed by atoms with Gasteiger partial charge in [-0.05, 0) is 37.5 Å². The Hall–Kier alpha value is -0.770. The van der Waals surface area contributed by atoms with E-state index in [0.717, 1.165) is 18.4 Å². The minimum Gasteiger partial charge on any atom is -0.381 e. The molecule has 1 atom stereocenters. The highest BCUT2D eigenvalue weighted by Gasteiger charge is 2.28. The predicted octanol–water partition coefficient (Wildman–Crippen LogP) is 3.94. The Labute approximate surface area is 129 Å². The van der Waals surface area contributed by atoms with Crippen molar-refractivity contribution in [3.05, 3.63) is 33.8 Å². The minimum absolute atomic E-state index is 0.0577. The normalized spacial score (nSPS) is 17.8. The van der Waals surface area contributed by atoms with E-state index < -0.39 is 0 Å². The first-order valence-electron chi connectivity index (χ1n) is 6.80. The maximum Gasteiger partial charge on any atom is 0.226 e. The van der Waals surface area contributed by atoms with Gasteiger partial charge in [-0.3, -0.25) is 4.79 Å². The van der Waals surface area contributed by atoms with Crippen molar-refractivity contribution in [3.8, 4) is 0 Å². The molecule has 20 heavy (non-hydrogen) atoms. The molecule has 0 spiro atoms. The van der Waals surface area contributed by atoms with Crippen LogP contribution in [0.25, 0.3) is 0 Å². The monoisotopic (exact) mass is 315 g/mol. The first-order valence-corrected chi connectivity index (χ1v) is 7.55. The number of carbonyl (C=O) groups excluding carboxylic acids is 1. The van der Waals surface area contributed by atoms with Crippen molar-refractivity contribution in [3.63, 3.8) is 0 Å². The average Bonchev–Trinajstić information content (AvgIpc) is 2.46. The molecular formula is C15H19Cl2NO2. The molecule has 1 aliphatic rings. The second kappa shape index (κ2) is 6.79. The Balaban J connectivity index is 2.10. The minimum atomic E-state index is -0.0740. The summed E-state index contributed by atoms with van der Waals surface area (Å²) in [5.41, 5.74) is 0.916. The molecule has 0 aliphatic carbocycles. The van der Waals surface area contributed by atoms with Crippen LogP contribution in [0.3, 0.4) is 0 Å². The molecule has 1 saturated heterocycles. The van der Waals surface area contributed by atoms with Gasteiger partial charge in [-0.2, -0.15) is 0 Å². The maximum atomic E-state index is 12.5. The van der Waals surface area contributed by atoms with Crippen LogP contribution < -0.4 is 0 Å². The number of halogens is 2. The van der Waals surface area contributed by atoms with Crippen LogP contribution in [0, 0.1) is 5.92 Å². The van der Waals surface area contributed by atoms with E-state index in [-0.39, 0.29) is 17.9 Å². The van der Waals surface area contributed by atoms with Gasteiger partial charge in [0.05, 0.1) is 6.04 Å². The zero-order valence-electron chi connectivity index (χ0n) is 11.7. The van der Waals surface area contributed by atoms with Gasteiger partial charge in [-0.15, -0.1) is 0 Å². The number of hydrogen-bond donors (Lipinski definition) is 0. The molecule has 1 amide bonds. The molecule has 1 aliphatic heterocycles. The molecule has 2 rings (SSSR count). The van der Waals surface area contributed by atoms with E-state index in [2.05, 4.69) is 0 Å². The van der Waals surface area contributed by atoms with Gasteiger partial charge in [0.15, 0.2) is 0 Å². The van der Waals surface area contributed by atoms with Crippen LogP contribution in [0.2, 0.25) is 10.0 Å². The lowest BCUT2D eigenvalue weighted by molar-refractivity contribution is -0.139. The lowest BCUT2D eigenvalue weighted by atomic mass is 9.97. The molecule has 1 unspecified atom stereocenters. The summed E-state index contributed by atoms with van der Waals surface area (Å²) in [6.45, 7) is 3.31. The number of ether oxygens (including phenoxy) is 1. The Morgan fingerprint density at radius 2 is 2.00 bits per heavy atom. The number of rotatable bonds is 3. The Morgan fingerprint density at radius 1 is 1.35 bits per heavy atom. The lowest BCUT2D eigenvalue weighted by Crippen LogP contribution is -2.37. The van der Waals surface area contributed by atoms with Gasteiger partial charge in [-0.1, -0.05) is 29.3 Å². The fourth-order valence-electron chi connectivity index (χ4n) is 2.47. The van der Waals surface area contributed by atoms with Crippen molar-refractivity contribution in [1.82, 2.24) is 4.90 Å². The Bertz CT molecular complexity index is 487. The van der Waals surface area contributed by atoms with E-state index in [0.29, 0.717) is 23.3 Å². The summed E-state index contributed by atoms with van der Waals surface area (Å²) in [6, 6.07) is 5.31. The number of benzene rings is 1. The van der Waals surface area contributed by atoms with E-state index in [4.69, 9.17) is 27.9 Å². The highest BCUT2D eigenvalue weighted by Crippen LogP contribution is 2.30. The number of carbonyl (C=O) groups is 1. The molecule has 0 aromatic heterocycles. The smallest absolute Gasteiger partial charge is 0.226 e. The number of hydrogen-bond acceptors (Lipinski definition) is 2. The first-order chi connectivity index (χ1) is 9.50. The summed E-state index contributed by atoms with van der Waals surface area (Å²) >= 11 is 12.1. The summed E-state index contributed by atoms with van der Waals surface area (Å²) in [7, 11) is 1.83. The molecule has 0 bridgehead atoms. The van der Waals surface area contributed by atoms with Crippen LogP contribution in [0.4, 0.5) is 0 Å². The van der Waals surface area contributed by atoms with Crippen molar-refractivity contribution in [1.29, 1.82) is 0 Å². The molecule has 0 radical (unpaired) electrons. The van der Waals surface area contributed by atoms with E-state index in [1.807, 2.05) is 20.0 Å². The van der Waals surface area contributed by atoms with E-state index in [1.54, 1.807) is 17.0 Å². The van der Waals surface area contributed by atoms with Gasteiger partial charge in [0.25, 0.3) is 0 Å². The van der Waals surface area contributed by atoms with Gasteiger partial charge in [0, 0.05) is 36.2 Å². The highest BCUT2D eigenvalue weighted by molar-refractivity contribution is 6.35. The van der Waals surface area contributed by atoms with E-state index in [9.17, 15) is 4.79 Å². The summed E-state index contributed by atoms with van der Waals surface area (Å²) in [5, 5.41) is 1.20. The Morgan fingerprint density at radius 3 is 2.60 bits per heavy atom. The second-order valence-electron chi connectivity index (χ2n) is 5.18. The number of amides is 1. The molecule has 5 heteroatoms. The highest BCUT2D eigenvalue weighted by atomic mass is 35.5. The third-order valence-corrected chi connectivity index (χ3v) is 4.47. The zero-order chi connectivity index (χ0) is 14.7. The molecule has 1 fully saturated rings. The van der Waals surface area contributed by atoms with Gasteiger partial charge in [0.1, 0.15) is 0 Å². The topological polar surface area (TPSA) is 29.5 Å². The molecule has 1 aromatic rings. The summed E-state index contributed by atoms with van der Waals surface area (Å²) < 4.78 is 5.30. The molecule has 3 nitrogen and oxygen atoms in total. The van der Waals surface area contributed by atoms with Gasteiger partial charge >= 0.3 is 0 Å². The van der Waals surface area contributed by atoms with Crippen LogP contribution in [-0.2, 0) is 9.53 Å². The van der Waals surface area contributed by atoms with Crippen LogP contribution in [0.15, 0.2) is 18.2 Å². The summed E-state index contributed by atoms with van der Waals surface area (Å²) in [4.78, 5) is 14.3. The van der Waals surface area contributed by atoms with Crippen LogP contribution in [0.5, 0.6) is 0 Å². The standard InChI is InChI=1S/C15H19Cl2NO2/c1-10(13-4-3-12(16)9-14(13)17)18(2)15(19)11-5-7-20-8-6-11/h3-4,9-11H,5-8H2,1-2H3. The molecular weight excluding hydrogens is 297 g/mol. The van der Waals surface area contributed by atoms with Gasteiger partial charge in [0.2, 0.25) is 5.91 Å². The summed E-state index contributed by atoms with van der Waals surface area (Å²) in [6.07, 6.45) is 1.59. The lowest BCUT2D eigenvalue weighted by Gasteiger charge is -2.31. The fourth-order valence-corrected chi connectivity index (χ4v) is 3.04. The quantitative estimate of drug-likeness (QED) is 0.845. The molecule has 110 valence electrons. The van der Waals surface area contributed by atoms with Crippen molar-refractivity contribution in [2.75, 3.05) is 20.3 Å². The van der Waals surface area contributed by atoms with Gasteiger partial charge in [-0.25, -0.2) is 0 Å². The third kappa shape index (κ3) is 3.46. The van der Waals surface area contributed by atoms with E-state index >= 15 is 0 Å². The Kier molecular flexibility index (Phi) is 5.30. The molecule has 0 saturated carbocycles. The second-order valence-corrected chi connectivity index (χ2v) is 6.02. The SMILES string of the molecule is CC(c1ccc(Cl)cc1Cl)N(C)C(=O)C1CCOCC1. The van der Waals surface area contributed by atoms with Crippen molar-refractivity contribution >= 4 is 29.1 Å². The van der Waals surface area contributed by atoms with Crippen molar-refractivity contribution in [2.45, 2.75) is 25.8 Å². The molecule has 1 aromatic carbocycles. The number of nitrogens with zero attached hydrogens (tertiary/aromatic N) is 1. The van der Waals surface area contributed by atoms with Crippen molar-refractivity contribution < 1.29 is 9.53 Å².